The Morgan fingerprint density at radius 1 is 1.15 bits per heavy atom. The van der Waals surface area contributed by atoms with Gasteiger partial charge < -0.3 is 16.0 Å². The average Bonchev–Trinajstić information content (AvgIpc) is 2.84. The highest BCUT2D eigenvalue weighted by atomic mass is 16.2. The first-order chi connectivity index (χ1) is 9.74. The second-order valence-electron chi connectivity index (χ2n) is 4.94. The van der Waals surface area contributed by atoms with E-state index < -0.39 is 0 Å². The summed E-state index contributed by atoms with van der Waals surface area (Å²) in [5, 5.41) is 2.90. The number of anilines is 3. The third-order valence-corrected chi connectivity index (χ3v) is 3.51. The molecule has 0 fully saturated rings. The van der Waals surface area contributed by atoms with E-state index in [0.29, 0.717) is 6.54 Å². The van der Waals surface area contributed by atoms with Gasteiger partial charge in [0, 0.05) is 12.2 Å². The molecule has 1 aliphatic rings. The van der Waals surface area contributed by atoms with Crippen LogP contribution in [0.15, 0.2) is 48.5 Å². The molecule has 0 saturated heterocycles. The van der Waals surface area contributed by atoms with Gasteiger partial charge in [-0.3, -0.25) is 4.79 Å². The number of nitrogens with two attached hydrogens (primary N) is 1. The van der Waals surface area contributed by atoms with Crippen LogP contribution in [0.3, 0.4) is 0 Å². The van der Waals surface area contributed by atoms with E-state index >= 15 is 0 Å². The van der Waals surface area contributed by atoms with Crippen molar-refractivity contribution in [3.63, 3.8) is 0 Å². The van der Waals surface area contributed by atoms with Gasteiger partial charge in [-0.1, -0.05) is 30.3 Å². The Morgan fingerprint density at radius 3 is 2.75 bits per heavy atom. The molecular weight excluding hydrogens is 250 g/mol. The molecular formula is C16H17N3O. The van der Waals surface area contributed by atoms with Crippen LogP contribution in [0.2, 0.25) is 0 Å². The lowest BCUT2D eigenvalue weighted by atomic mass is 10.1. The first-order valence-corrected chi connectivity index (χ1v) is 6.71. The Hall–Kier alpha value is -2.49. The minimum Gasteiger partial charge on any atom is -0.397 e. The zero-order chi connectivity index (χ0) is 13.9. The summed E-state index contributed by atoms with van der Waals surface area (Å²) in [5.74, 6) is -0.0210. The highest BCUT2D eigenvalue weighted by Gasteiger charge is 2.22. The molecule has 1 aliphatic heterocycles. The summed E-state index contributed by atoms with van der Waals surface area (Å²) in [6, 6.07) is 15.4. The fourth-order valence-corrected chi connectivity index (χ4v) is 2.62. The van der Waals surface area contributed by atoms with Crippen LogP contribution in [0.25, 0.3) is 0 Å². The molecule has 4 nitrogen and oxygen atoms in total. The number of hydrogen-bond acceptors (Lipinski definition) is 3. The summed E-state index contributed by atoms with van der Waals surface area (Å²) in [4.78, 5) is 14.1. The Balaban J connectivity index is 1.70. The Labute approximate surface area is 118 Å². The molecule has 20 heavy (non-hydrogen) atoms. The lowest BCUT2D eigenvalue weighted by molar-refractivity contribution is -0.114. The second-order valence-corrected chi connectivity index (χ2v) is 4.94. The standard InChI is InChI=1S/C16H17N3O/c17-14-8-4-5-12-9-10-19(16(12)14)11-15(20)18-13-6-2-1-3-7-13/h1-8H,9-11,17H2,(H,18,20). The number of nitrogen functional groups attached to an aromatic ring is 1. The molecule has 2 aromatic rings. The van der Waals surface area contributed by atoms with Crippen LogP contribution in [0.4, 0.5) is 17.1 Å². The zero-order valence-electron chi connectivity index (χ0n) is 11.2. The molecule has 3 rings (SSSR count). The third kappa shape index (κ3) is 2.45. The fraction of sp³-hybridized carbons (Fsp3) is 0.188. The predicted octanol–water partition coefficient (Wildman–Crippen LogP) is 2.27. The summed E-state index contributed by atoms with van der Waals surface area (Å²) < 4.78 is 0. The van der Waals surface area contributed by atoms with E-state index in [4.69, 9.17) is 5.73 Å². The van der Waals surface area contributed by atoms with Crippen LogP contribution in [-0.4, -0.2) is 19.0 Å². The highest BCUT2D eigenvalue weighted by molar-refractivity contribution is 5.95. The third-order valence-electron chi connectivity index (χ3n) is 3.51. The molecule has 1 amide bonds. The van der Waals surface area contributed by atoms with E-state index in [1.54, 1.807) is 0 Å². The normalized spacial score (nSPS) is 13.1. The van der Waals surface area contributed by atoms with Crippen LogP contribution >= 0.6 is 0 Å². The number of carbonyl (C=O) groups is 1. The minimum atomic E-state index is -0.0210. The van der Waals surface area contributed by atoms with Crippen molar-refractivity contribution >= 4 is 23.0 Å². The van der Waals surface area contributed by atoms with Crippen molar-refractivity contribution in [3.8, 4) is 0 Å². The largest absolute Gasteiger partial charge is 0.397 e. The van der Waals surface area contributed by atoms with E-state index in [-0.39, 0.29) is 5.91 Å². The zero-order valence-corrected chi connectivity index (χ0v) is 11.2. The number of rotatable bonds is 3. The first-order valence-electron chi connectivity index (χ1n) is 6.71. The Morgan fingerprint density at radius 2 is 1.95 bits per heavy atom. The predicted molar refractivity (Wildman–Crippen MR) is 81.8 cm³/mol. The number of amides is 1. The van der Waals surface area contributed by atoms with E-state index in [0.717, 1.165) is 30.0 Å². The van der Waals surface area contributed by atoms with E-state index in [1.807, 2.05) is 47.4 Å². The summed E-state index contributed by atoms with van der Waals surface area (Å²) in [7, 11) is 0. The smallest absolute Gasteiger partial charge is 0.243 e. The van der Waals surface area contributed by atoms with Crippen molar-refractivity contribution in [1.82, 2.24) is 0 Å². The minimum absolute atomic E-state index is 0.0210. The van der Waals surface area contributed by atoms with Gasteiger partial charge >= 0.3 is 0 Å². The van der Waals surface area contributed by atoms with Crippen molar-refractivity contribution in [2.24, 2.45) is 0 Å². The number of hydrogen-bond donors (Lipinski definition) is 2. The number of carbonyl (C=O) groups excluding carboxylic acids is 1. The Kier molecular flexibility index (Phi) is 3.29. The molecule has 0 aromatic heterocycles. The van der Waals surface area contributed by atoms with Gasteiger partial charge in [-0.2, -0.15) is 0 Å². The first kappa shape index (κ1) is 12.5. The van der Waals surface area contributed by atoms with Gasteiger partial charge in [0.25, 0.3) is 0 Å². The highest BCUT2D eigenvalue weighted by Crippen LogP contribution is 2.33. The lowest BCUT2D eigenvalue weighted by Crippen LogP contribution is -2.32. The molecule has 0 saturated carbocycles. The van der Waals surface area contributed by atoms with Gasteiger partial charge in [0.2, 0.25) is 5.91 Å². The molecule has 0 bridgehead atoms. The van der Waals surface area contributed by atoms with Crippen LogP contribution in [0.1, 0.15) is 5.56 Å². The van der Waals surface area contributed by atoms with Crippen molar-refractivity contribution in [1.29, 1.82) is 0 Å². The van der Waals surface area contributed by atoms with Gasteiger partial charge in [-0.25, -0.2) is 0 Å². The van der Waals surface area contributed by atoms with Crippen molar-refractivity contribution in [2.45, 2.75) is 6.42 Å². The van der Waals surface area contributed by atoms with E-state index in [9.17, 15) is 4.79 Å². The van der Waals surface area contributed by atoms with Gasteiger partial charge in [-0.05, 0) is 30.2 Å². The Bertz CT molecular complexity index is 625. The van der Waals surface area contributed by atoms with Crippen molar-refractivity contribution in [2.75, 3.05) is 29.0 Å². The number of nitrogens with zero attached hydrogens (tertiary/aromatic N) is 1. The molecule has 0 atom stereocenters. The molecule has 0 unspecified atom stereocenters. The number of benzene rings is 2. The second kappa shape index (κ2) is 5.25. The SMILES string of the molecule is Nc1cccc2c1N(CC(=O)Nc1ccccc1)CC2. The van der Waals surface area contributed by atoms with Gasteiger partial charge in [-0.15, -0.1) is 0 Å². The lowest BCUT2D eigenvalue weighted by Gasteiger charge is -2.20. The molecule has 1 heterocycles. The molecule has 0 spiro atoms. The maximum atomic E-state index is 12.1. The van der Waals surface area contributed by atoms with Crippen LogP contribution in [0, 0.1) is 0 Å². The van der Waals surface area contributed by atoms with Gasteiger partial charge in [0.1, 0.15) is 0 Å². The molecule has 0 radical (unpaired) electrons. The molecule has 2 aromatic carbocycles. The number of fused-ring (bicyclic) bond motifs is 1. The number of nitrogens with one attached hydrogen (secondary N) is 1. The van der Waals surface area contributed by atoms with Crippen LogP contribution < -0.4 is 16.0 Å². The van der Waals surface area contributed by atoms with E-state index in [2.05, 4.69) is 11.4 Å². The average molecular weight is 267 g/mol. The van der Waals surface area contributed by atoms with Crippen molar-refractivity contribution < 1.29 is 4.79 Å². The summed E-state index contributed by atoms with van der Waals surface area (Å²) in [6.45, 7) is 1.17. The summed E-state index contributed by atoms with van der Waals surface area (Å²) >= 11 is 0. The topological polar surface area (TPSA) is 58.4 Å². The van der Waals surface area contributed by atoms with Gasteiger partial charge in [0.05, 0.1) is 17.9 Å². The quantitative estimate of drug-likeness (QED) is 0.839. The molecule has 102 valence electrons. The number of para-hydroxylation sites is 2. The van der Waals surface area contributed by atoms with E-state index in [1.165, 1.54) is 5.56 Å². The molecule has 3 N–H and O–H groups in total. The van der Waals surface area contributed by atoms with Crippen LogP contribution in [-0.2, 0) is 11.2 Å². The monoisotopic (exact) mass is 267 g/mol. The molecule has 4 heteroatoms. The van der Waals surface area contributed by atoms with Crippen molar-refractivity contribution in [3.05, 3.63) is 54.1 Å². The van der Waals surface area contributed by atoms with Crippen LogP contribution in [0.5, 0.6) is 0 Å². The summed E-state index contributed by atoms with van der Waals surface area (Å²) in [6.07, 6.45) is 0.943. The maximum Gasteiger partial charge on any atom is 0.243 e. The maximum absolute atomic E-state index is 12.1. The molecule has 0 aliphatic carbocycles. The van der Waals surface area contributed by atoms with Gasteiger partial charge in [0.15, 0.2) is 0 Å². The fourth-order valence-electron chi connectivity index (χ4n) is 2.62. The summed E-state index contributed by atoms with van der Waals surface area (Å²) in [5.41, 5.74) is 9.81.